The third-order valence-corrected chi connectivity index (χ3v) is 4.43. The average Bonchev–Trinajstić information content (AvgIpc) is 3.01. The van der Waals surface area contributed by atoms with Gasteiger partial charge in [-0.25, -0.2) is 4.39 Å². The lowest BCUT2D eigenvalue weighted by Gasteiger charge is -2.12. The average molecular weight is 334 g/mol. The first-order valence-corrected chi connectivity index (χ1v) is 8.63. The first-order valence-electron chi connectivity index (χ1n) is 7.75. The standard InChI is InChI=1S/C18H23FN2OS/c1-21(2)13-15-11-14(8-9-17(15)19)12-20-18(22)7-3-5-16-6-4-10-23-16/h4,6,8-11H,3,5,7,12-13H2,1-2H3,(H,20,22). The summed E-state index contributed by atoms with van der Waals surface area (Å²) in [6.45, 7) is 0.993. The van der Waals surface area contributed by atoms with E-state index in [4.69, 9.17) is 0 Å². The van der Waals surface area contributed by atoms with E-state index in [1.54, 1.807) is 17.4 Å². The monoisotopic (exact) mass is 334 g/mol. The Hall–Kier alpha value is -1.72. The zero-order chi connectivity index (χ0) is 16.7. The topological polar surface area (TPSA) is 32.3 Å². The maximum absolute atomic E-state index is 13.7. The third-order valence-electron chi connectivity index (χ3n) is 3.49. The second-order valence-corrected chi connectivity index (χ2v) is 6.91. The Kier molecular flexibility index (Phi) is 6.74. The van der Waals surface area contributed by atoms with Gasteiger partial charge in [-0.1, -0.05) is 12.1 Å². The molecule has 0 saturated heterocycles. The predicted octanol–water partition coefficient (Wildman–Crippen LogP) is 3.59. The summed E-state index contributed by atoms with van der Waals surface area (Å²) >= 11 is 1.72. The number of halogens is 1. The van der Waals surface area contributed by atoms with E-state index in [2.05, 4.69) is 16.8 Å². The number of rotatable bonds is 8. The predicted molar refractivity (Wildman–Crippen MR) is 92.9 cm³/mol. The lowest BCUT2D eigenvalue weighted by Crippen LogP contribution is -2.22. The summed E-state index contributed by atoms with van der Waals surface area (Å²) in [5.41, 5.74) is 1.58. The fourth-order valence-electron chi connectivity index (χ4n) is 2.37. The highest BCUT2D eigenvalue weighted by molar-refractivity contribution is 7.09. The first kappa shape index (κ1) is 17.6. The molecule has 0 bridgehead atoms. The normalized spacial score (nSPS) is 11.0. The van der Waals surface area contributed by atoms with Crippen LogP contribution >= 0.6 is 11.3 Å². The van der Waals surface area contributed by atoms with Crippen molar-refractivity contribution in [2.45, 2.75) is 32.4 Å². The number of aryl methyl sites for hydroxylation is 1. The Morgan fingerprint density at radius 1 is 1.30 bits per heavy atom. The molecule has 1 N–H and O–H groups in total. The van der Waals surface area contributed by atoms with E-state index in [0.29, 0.717) is 25.1 Å². The van der Waals surface area contributed by atoms with Gasteiger partial charge in [-0.2, -0.15) is 0 Å². The van der Waals surface area contributed by atoms with Crippen molar-refractivity contribution in [3.05, 3.63) is 57.5 Å². The summed E-state index contributed by atoms with van der Waals surface area (Å²) in [6.07, 6.45) is 2.31. The van der Waals surface area contributed by atoms with E-state index in [9.17, 15) is 9.18 Å². The molecule has 0 aliphatic rings. The van der Waals surface area contributed by atoms with Crippen molar-refractivity contribution in [1.82, 2.24) is 10.2 Å². The second kappa shape index (κ2) is 8.79. The molecule has 0 unspecified atom stereocenters. The minimum Gasteiger partial charge on any atom is -0.352 e. The van der Waals surface area contributed by atoms with Gasteiger partial charge in [0.2, 0.25) is 5.91 Å². The molecule has 3 nitrogen and oxygen atoms in total. The maximum atomic E-state index is 13.7. The van der Waals surface area contributed by atoms with Gasteiger partial charge < -0.3 is 10.2 Å². The van der Waals surface area contributed by atoms with Crippen molar-refractivity contribution in [2.24, 2.45) is 0 Å². The first-order chi connectivity index (χ1) is 11.0. The Morgan fingerprint density at radius 2 is 2.13 bits per heavy atom. The minimum absolute atomic E-state index is 0.0417. The van der Waals surface area contributed by atoms with E-state index in [0.717, 1.165) is 18.4 Å². The molecular weight excluding hydrogens is 311 g/mol. The molecule has 0 aliphatic carbocycles. The van der Waals surface area contributed by atoms with Crippen LogP contribution in [0.2, 0.25) is 0 Å². The Labute approximate surface area is 141 Å². The van der Waals surface area contributed by atoms with Crippen LogP contribution in [0, 0.1) is 5.82 Å². The molecule has 0 atom stereocenters. The van der Waals surface area contributed by atoms with Crippen molar-refractivity contribution in [3.8, 4) is 0 Å². The third kappa shape index (κ3) is 6.12. The number of nitrogens with zero attached hydrogens (tertiary/aromatic N) is 1. The number of amides is 1. The SMILES string of the molecule is CN(C)Cc1cc(CNC(=O)CCCc2cccs2)ccc1F. The van der Waals surface area contributed by atoms with E-state index in [1.165, 1.54) is 10.9 Å². The van der Waals surface area contributed by atoms with E-state index in [1.807, 2.05) is 31.1 Å². The zero-order valence-electron chi connectivity index (χ0n) is 13.6. The minimum atomic E-state index is -0.204. The molecule has 23 heavy (non-hydrogen) atoms. The van der Waals surface area contributed by atoms with Gasteiger partial charge in [-0.05, 0) is 56.1 Å². The molecule has 0 aliphatic heterocycles. The highest BCUT2D eigenvalue weighted by atomic mass is 32.1. The van der Waals surface area contributed by atoms with Crippen LogP contribution in [0.4, 0.5) is 4.39 Å². The highest BCUT2D eigenvalue weighted by Crippen LogP contribution is 2.13. The molecule has 1 aromatic heterocycles. The Morgan fingerprint density at radius 3 is 2.83 bits per heavy atom. The molecular formula is C18H23FN2OS. The van der Waals surface area contributed by atoms with Crippen LogP contribution in [-0.4, -0.2) is 24.9 Å². The van der Waals surface area contributed by atoms with Gasteiger partial charge in [0.05, 0.1) is 0 Å². The van der Waals surface area contributed by atoms with Crippen molar-refractivity contribution < 1.29 is 9.18 Å². The van der Waals surface area contributed by atoms with Gasteiger partial charge in [-0.3, -0.25) is 4.79 Å². The summed E-state index contributed by atoms with van der Waals surface area (Å²) in [4.78, 5) is 15.1. The van der Waals surface area contributed by atoms with E-state index < -0.39 is 0 Å². The zero-order valence-corrected chi connectivity index (χ0v) is 14.5. The molecule has 0 radical (unpaired) electrons. The molecule has 0 saturated carbocycles. The maximum Gasteiger partial charge on any atom is 0.220 e. The Balaban J connectivity index is 1.77. The van der Waals surface area contributed by atoms with Crippen molar-refractivity contribution in [2.75, 3.05) is 14.1 Å². The highest BCUT2D eigenvalue weighted by Gasteiger charge is 2.07. The summed E-state index contributed by atoms with van der Waals surface area (Å²) < 4.78 is 13.7. The van der Waals surface area contributed by atoms with Crippen molar-refractivity contribution in [1.29, 1.82) is 0 Å². The van der Waals surface area contributed by atoms with Gasteiger partial charge in [0.15, 0.2) is 0 Å². The molecule has 5 heteroatoms. The van der Waals surface area contributed by atoms with Gasteiger partial charge in [0.1, 0.15) is 5.82 Å². The van der Waals surface area contributed by atoms with Gasteiger partial charge >= 0.3 is 0 Å². The quantitative estimate of drug-likeness (QED) is 0.800. The lowest BCUT2D eigenvalue weighted by atomic mass is 10.1. The summed E-state index contributed by atoms with van der Waals surface area (Å²) in [5.74, 6) is -0.162. The van der Waals surface area contributed by atoms with Crippen LogP contribution in [0.5, 0.6) is 0 Å². The number of hydrogen-bond acceptors (Lipinski definition) is 3. The van der Waals surface area contributed by atoms with Crippen molar-refractivity contribution in [3.63, 3.8) is 0 Å². The van der Waals surface area contributed by atoms with Crippen LogP contribution in [0.25, 0.3) is 0 Å². The molecule has 2 rings (SSSR count). The lowest BCUT2D eigenvalue weighted by molar-refractivity contribution is -0.121. The van der Waals surface area contributed by atoms with Crippen LogP contribution in [-0.2, 0) is 24.3 Å². The molecule has 124 valence electrons. The Bertz CT molecular complexity index is 626. The van der Waals surface area contributed by atoms with Crippen LogP contribution in [0.1, 0.15) is 28.8 Å². The van der Waals surface area contributed by atoms with Gasteiger partial charge in [-0.15, -0.1) is 11.3 Å². The van der Waals surface area contributed by atoms with E-state index >= 15 is 0 Å². The molecule has 1 amide bonds. The van der Waals surface area contributed by atoms with Crippen LogP contribution in [0.3, 0.4) is 0 Å². The number of carbonyl (C=O) groups is 1. The smallest absolute Gasteiger partial charge is 0.220 e. The fraction of sp³-hybridized carbons (Fsp3) is 0.389. The van der Waals surface area contributed by atoms with Gasteiger partial charge in [0.25, 0.3) is 0 Å². The van der Waals surface area contributed by atoms with Crippen LogP contribution in [0.15, 0.2) is 35.7 Å². The number of thiophene rings is 1. The number of nitrogens with one attached hydrogen (secondary N) is 1. The number of carbonyl (C=O) groups excluding carboxylic acids is 1. The number of benzene rings is 1. The molecule has 1 aromatic carbocycles. The second-order valence-electron chi connectivity index (χ2n) is 5.87. The van der Waals surface area contributed by atoms with Gasteiger partial charge in [0, 0.05) is 30.0 Å². The van der Waals surface area contributed by atoms with E-state index in [-0.39, 0.29) is 11.7 Å². The molecule has 1 heterocycles. The fourth-order valence-corrected chi connectivity index (χ4v) is 3.12. The molecule has 0 fully saturated rings. The summed E-state index contributed by atoms with van der Waals surface area (Å²) in [5, 5.41) is 4.96. The number of hydrogen-bond donors (Lipinski definition) is 1. The van der Waals surface area contributed by atoms with Crippen LogP contribution < -0.4 is 5.32 Å². The molecule has 2 aromatic rings. The largest absolute Gasteiger partial charge is 0.352 e. The summed E-state index contributed by atoms with van der Waals surface area (Å²) in [6, 6.07) is 9.13. The van der Waals surface area contributed by atoms with Crippen molar-refractivity contribution >= 4 is 17.2 Å². The molecule has 0 spiro atoms. The summed E-state index contributed by atoms with van der Waals surface area (Å²) in [7, 11) is 3.81.